The van der Waals surface area contributed by atoms with Crippen molar-refractivity contribution in [2.24, 2.45) is 5.73 Å². The van der Waals surface area contributed by atoms with Gasteiger partial charge in [-0.3, -0.25) is 14.4 Å². The van der Waals surface area contributed by atoms with E-state index >= 15 is 0 Å². The van der Waals surface area contributed by atoms with Gasteiger partial charge in [0, 0.05) is 19.0 Å². The Morgan fingerprint density at radius 1 is 1.03 bits per heavy atom. The van der Waals surface area contributed by atoms with Gasteiger partial charge in [0.25, 0.3) is 17.8 Å². The molecule has 29 heavy (non-hydrogen) atoms. The molecule has 0 aliphatic rings. The van der Waals surface area contributed by atoms with E-state index in [2.05, 4.69) is 15.6 Å². The maximum atomic E-state index is 12.9. The first-order chi connectivity index (χ1) is 14.0. The zero-order chi connectivity index (χ0) is 20.8. The lowest BCUT2D eigenvalue weighted by atomic mass is 10.0. The molecule has 8 heteroatoms. The van der Waals surface area contributed by atoms with Crippen LogP contribution in [0.4, 0.5) is 6.01 Å². The lowest BCUT2D eigenvalue weighted by Gasteiger charge is -2.16. The van der Waals surface area contributed by atoms with Crippen LogP contribution in [0.25, 0.3) is 11.3 Å². The molecule has 0 saturated heterocycles. The van der Waals surface area contributed by atoms with Gasteiger partial charge in [0.1, 0.15) is 11.7 Å². The number of primary amides is 1. The van der Waals surface area contributed by atoms with Crippen LogP contribution in [0.15, 0.2) is 65.1 Å². The number of oxazole rings is 1. The number of nitrogens with two attached hydrogens (primary N) is 1. The number of anilines is 1. The number of hydrogen-bond donors (Lipinski definition) is 3. The van der Waals surface area contributed by atoms with Gasteiger partial charge < -0.3 is 20.8 Å². The van der Waals surface area contributed by atoms with Crippen molar-refractivity contribution in [2.75, 3.05) is 12.4 Å². The minimum absolute atomic E-state index is 0.0733. The molecule has 0 aliphatic carbocycles. The smallest absolute Gasteiger partial charge is 0.295 e. The summed E-state index contributed by atoms with van der Waals surface area (Å²) in [7, 11) is 1.61. The standard InChI is InChI=1S/C21H20N4O4/c1-23-21-25-16(14-10-6-3-7-11-14)18(29-21)20(28)24-15(17(26)19(22)27)12-13-8-4-2-5-9-13/h2-11,15H,12H2,1H3,(H2,22,27)(H,23,25)(H,24,28). The SMILES string of the molecule is CNc1nc(-c2ccccc2)c(C(=O)NC(Cc2ccccc2)C(=O)C(N)=O)o1. The van der Waals surface area contributed by atoms with Crippen LogP contribution in [0.3, 0.4) is 0 Å². The van der Waals surface area contributed by atoms with Crippen molar-refractivity contribution in [3.8, 4) is 11.3 Å². The molecule has 0 spiro atoms. The van der Waals surface area contributed by atoms with E-state index in [4.69, 9.17) is 10.2 Å². The van der Waals surface area contributed by atoms with Gasteiger partial charge in [0.05, 0.1) is 0 Å². The van der Waals surface area contributed by atoms with E-state index in [0.29, 0.717) is 11.3 Å². The minimum Gasteiger partial charge on any atom is -0.418 e. The average Bonchev–Trinajstić information content (AvgIpc) is 3.19. The molecule has 3 rings (SSSR count). The van der Waals surface area contributed by atoms with Gasteiger partial charge in [-0.1, -0.05) is 60.7 Å². The zero-order valence-corrected chi connectivity index (χ0v) is 15.7. The van der Waals surface area contributed by atoms with Crippen LogP contribution < -0.4 is 16.4 Å². The first kappa shape index (κ1) is 19.8. The highest BCUT2D eigenvalue weighted by Gasteiger charge is 2.29. The Bertz CT molecular complexity index is 1020. The average molecular weight is 392 g/mol. The Hall–Kier alpha value is -3.94. The highest BCUT2D eigenvalue weighted by Crippen LogP contribution is 2.26. The third-order valence-corrected chi connectivity index (χ3v) is 4.24. The summed E-state index contributed by atoms with van der Waals surface area (Å²) in [6, 6.07) is 17.0. The highest BCUT2D eigenvalue weighted by molar-refractivity contribution is 6.38. The number of ketones is 1. The molecule has 1 unspecified atom stereocenters. The lowest BCUT2D eigenvalue weighted by Crippen LogP contribution is -2.47. The fraction of sp³-hybridized carbons (Fsp3) is 0.143. The molecule has 0 radical (unpaired) electrons. The van der Waals surface area contributed by atoms with Crippen LogP contribution in [0.1, 0.15) is 16.1 Å². The third kappa shape index (κ3) is 4.67. The third-order valence-electron chi connectivity index (χ3n) is 4.24. The normalized spacial score (nSPS) is 11.5. The van der Waals surface area contributed by atoms with Crippen LogP contribution in [-0.4, -0.2) is 35.7 Å². The molecule has 1 aromatic heterocycles. The molecule has 148 valence electrons. The van der Waals surface area contributed by atoms with E-state index in [0.717, 1.165) is 5.56 Å². The van der Waals surface area contributed by atoms with Crippen molar-refractivity contribution < 1.29 is 18.8 Å². The molecule has 0 aliphatic heterocycles. The van der Waals surface area contributed by atoms with E-state index < -0.39 is 23.6 Å². The van der Waals surface area contributed by atoms with Crippen LogP contribution >= 0.6 is 0 Å². The summed E-state index contributed by atoms with van der Waals surface area (Å²) in [6.45, 7) is 0. The molecule has 2 amide bonds. The highest BCUT2D eigenvalue weighted by atomic mass is 16.4. The van der Waals surface area contributed by atoms with Crippen molar-refractivity contribution in [3.05, 3.63) is 72.0 Å². The monoisotopic (exact) mass is 392 g/mol. The fourth-order valence-corrected chi connectivity index (χ4v) is 2.83. The lowest BCUT2D eigenvalue weighted by molar-refractivity contribution is -0.137. The second-order valence-electron chi connectivity index (χ2n) is 6.26. The van der Waals surface area contributed by atoms with Crippen molar-refractivity contribution in [1.29, 1.82) is 0 Å². The van der Waals surface area contributed by atoms with Crippen LogP contribution in [0.5, 0.6) is 0 Å². The number of carbonyl (C=O) groups excluding carboxylic acids is 3. The van der Waals surface area contributed by atoms with Gasteiger partial charge in [-0.25, -0.2) is 0 Å². The number of Topliss-reactive ketones (excluding diaryl/α,β-unsaturated/α-hetero) is 1. The Morgan fingerprint density at radius 2 is 1.66 bits per heavy atom. The maximum Gasteiger partial charge on any atom is 0.295 e. The molecule has 3 aromatic rings. The predicted octanol–water partition coefficient (Wildman–Crippen LogP) is 1.78. The summed E-state index contributed by atoms with van der Waals surface area (Å²) < 4.78 is 5.51. The summed E-state index contributed by atoms with van der Waals surface area (Å²) in [5, 5.41) is 5.31. The number of hydrogen-bond acceptors (Lipinski definition) is 6. The molecule has 0 fully saturated rings. The van der Waals surface area contributed by atoms with Crippen molar-refractivity contribution >= 4 is 23.6 Å². The maximum absolute atomic E-state index is 12.9. The Morgan fingerprint density at radius 3 is 2.24 bits per heavy atom. The molecule has 1 atom stereocenters. The quantitative estimate of drug-likeness (QED) is 0.502. The van der Waals surface area contributed by atoms with Crippen LogP contribution in [0.2, 0.25) is 0 Å². The summed E-state index contributed by atoms with van der Waals surface area (Å²) in [5.74, 6) is -2.76. The molecule has 4 N–H and O–H groups in total. The summed E-state index contributed by atoms with van der Waals surface area (Å²) in [4.78, 5) is 40.9. The number of carbonyl (C=O) groups is 3. The molecular weight excluding hydrogens is 372 g/mol. The topological polar surface area (TPSA) is 127 Å². The first-order valence-electron chi connectivity index (χ1n) is 8.92. The zero-order valence-electron chi connectivity index (χ0n) is 15.7. The predicted molar refractivity (Wildman–Crippen MR) is 107 cm³/mol. The number of nitrogens with one attached hydrogen (secondary N) is 2. The van der Waals surface area contributed by atoms with E-state index in [1.54, 1.807) is 55.6 Å². The largest absolute Gasteiger partial charge is 0.418 e. The Balaban J connectivity index is 1.90. The van der Waals surface area contributed by atoms with Gasteiger partial charge in [0.15, 0.2) is 0 Å². The van der Waals surface area contributed by atoms with Gasteiger partial charge in [-0.05, 0) is 5.56 Å². The molecule has 0 saturated carbocycles. The van der Waals surface area contributed by atoms with Crippen LogP contribution in [-0.2, 0) is 16.0 Å². The van der Waals surface area contributed by atoms with Crippen molar-refractivity contribution in [1.82, 2.24) is 10.3 Å². The minimum atomic E-state index is -1.13. The molecular formula is C21H20N4O4. The number of nitrogens with zero attached hydrogens (tertiary/aromatic N) is 1. The second kappa shape index (κ2) is 8.83. The van der Waals surface area contributed by atoms with E-state index in [1.165, 1.54) is 0 Å². The Kier molecular flexibility index (Phi) is 6.03. The first-order valence-corrected chi connectivity index (χ1v) is 8.92. The number of benzene rings is 2. The summed E-state index contributed by atoms with van der Waals surface area (Å²) in [5.41, 5.74) is 6.92. The Labute approximate surface area is 167 Å². The van der Waals surface area contributed by atoms with E-state index in [-0.39, 0.29) is 18.2 Å². The van der Waals surface area contributed by atoms with Crippen molar-refractivity contribution in [2.45, 2.75) is 12.5 Å². The van der Waals surface area contributed by atoms with E-state index in [1.807, 2.05) is 12.1 Å². The van der Waals surface area contributed by atoms with Crippen LogP contribution in [0, 0.1) is 0 Å². The molecule has 0 bridgehead atoms. The van der Waals surface area contributed by atoms with Gasteiger partial charge in [-0.2, -0.15) is 4.98 Å². The number of aromatic nitrogens is 1. The van der Waals surface area contributed by atoms with Gasteiger partial charge in [0.2, 0.25) is 11.5 Å². The molecule has 8 nitrogen and oxygen atoms in total. The van der Waals surface area contributed by atoms with Gasteiger partial charge in [-0.15, -0.1) is 0 Å². The number of amides is 2. The summed E-state index contributed by atoms with van der Waals surface area (Å²) >= 11 is 0. The van der Waals surface area contributed by atoms with Gasteiger partial charge >= 0.3 is 0 Å². The second-order valence-corrected chi connectivity index (χ2v) is 6.26. The fourth-order valence-electron chi connectivity index (χ4n) is 2.83. The summed E-state index contributed by atoms with van der Waals surface area (Å²) in [6.07, 6.45) is 0.113. The molecule has 2 aromatic carbocycles. The number of rotatable bonds is 8. The van der Waals surface area contributed by atoms with Crippen molar-refractivity contribution in [3.63, 3.8) is 0 Å². The van der Waals surface area contributed by atoms with E-state index in [9.17, 15) is 14.4 Å². The molecule has 1 heterocycles.